The Morgan fingerprint density at radius 3 is 2.61 bits per heavy atom. The Labute approximate surface area is 161 Å². The fourth-order valence-electron chi connectivity index (χ4n) is 3.39. The molecule has 0 unspecified atom stereocenters. The molecule has 144 valence electrons. The molecule has 0 aliphatic carbocycles. The second-order valence-corrected chi connectivity index (χ2v) is 6.70. The van der Waals surface area contributed by atoms with Gasteiger partial charge >= 0.3 is 6.61 Å². The summed E-state index contributed by atoms with van der Waals surface area (Å²) < 4.78 is 34.2. The molecular weight excluding hydrogens is 362 g/mol. The van der Waals surface area contributed by atoms with Crippen LogP contribution in [0.25, 0.3) is 16.9 Å². The van der Waals surface area contributed by atoms with Crippen LogP contribution >= 0.6 is 0 Å². The third-order valence-electron chi connectivity index (χ3n) is 4.98. The van der Waals surface area contributed by atoms with Crippen LogP contribution in [0.4, 0.5) is 8.78 Å². The predicted molar refractivity (Wildman–Crippen MR) is 103 cm³/mol. The number of aryl methyl sites for hydroxylation is 2. The second-order valence-electron chi connectivity index (χ2n) is 6.70. The topological polar surface area (TPSA) is 44.4 Å². The molecule has 0 bridgehead atoms. The first-order valence-electron chi connectivity index (χ1n) is 8.93. The van der Waals surface area contributed by atoms with Gasteiger partial charge in [0.2, 0.25) is 0 Å². The molecule has 5 nitrogen and oxygen atoms in total. The van der Waals surface area contributed by atoms with Crippen molar-refractivity contribution in [3.05, 3.63) is 71.6 Å². The molecular formula is C21H20F2N4O. The molecule has 0 radical (unpaired) electrons. The van der Waals surface area contributed by atoms with Crippen LogP contribution in [-0.4, -0.2) is 25.5 Å². The van der Waals surface area contributed by atoms with Gasteiger partial charge in [0.15, 0.2) is 0 Å². The van der Waals surface area contributed by atoms with Gasteiger partial charge in [0.05, 0.1) is 17.6 Å². The number of pyridine rings is 1. The summed E-state index contributed by atoms with van der Waals surface area (Å²) in [6, 6.07) is 10.8. The van der Waals surface area contributed by atoms with Crippen molar-refractivity contribution in [1.29, 1.82) is 0 Å². The van der Waals surface area contributed by atoms with Crippen LogP contribution in [0.5, 0.6) is 5.75 Å². The summed E-state index contributed by atoms with van der Waals surface area (Å²) in [5.41, 5.74) is 5.28. The fourth-order valence-corrected chi connectivity index (χ4v) is 3.39. The summed E-state index contributed by atoms with van der Waals surface area (Å²) >= 11 is 0. The quantitative estimate of drug-likeness (QED) is 0.509. The summed E-state index contributed by atoms with van der Waals surface area (Å²) in [5.74, 6) is 1.11. The molecule has 0 aliphatic rings. The number of rotatable bonds is 5. The molecule has 28 heavy (non-hydrogen) atoms. The molecule has 7 heteroatoms. The van der Waals surface area contributed by atoms with Gasteiger partial charge in [-0.3, -0.25) is 0 Å². The number of halogens is 2. The highest BCUT2D eigenvalue weighted by atomic mass is 19.3. The van der Waals surface area contributed by atoms with Crippen molar-refractivity contribution in [2.24, 2.45) is 7.05 Å². The van der Waals surface area contributed by atoms with E-state index >= 15 is 0 Å². The standard InChI is InChI=1S/C21H20F2N4O/c1-13-17(10-15-6-4-5-7-19(15)28-21(22)23)27-12-16(8-9-20(27)25-13)18-11-24-14(2)26(18)3/h4-9,11-12,21H,10H2,1-3H3. The van der Waals surface area contributed by atoms with E-state index in [4.69, 9.17) is 0 Å². The zero-order valence-corrected chi connectivity index (χ0v) is 15.9. The first-order valence-corrected chi connectivity index (χ1v) is 8.93. The molecule has 0 saturated carbocycles. The molecule has 3 heterocycles. The van der Waals surface area contributed by atoms with Gasteiger partial charge in [-0.1, -0.05) is 18.2 Å². The minimum absolute atomic E-state index is 0.185. The highest BCUT2D eigenvalue weighted by Crippen LogP contribution is 2.27. The molecule has 0 saturated heterocycles. The number of fused-ring (bicyclic) bond motifs is 1. The molecule has 0 atom stereocenters. The van der Waals surface area contributed by atoms with E-state index in [2.05, 4.69) is 14.7 Å². The summed E-state index contributed by atoms with van der Waals surface area (Å²) in [6.45, 7) is 1.02. The molecule has 1 aromatic carbocycles. The van der Waals surface area contributed by atoms with Gasteiger partial charge in [0, 0.05) is 36.5 Å². The van der Waals surface area contributed by atoms with Crippen LogP contribution in [-0.2, 0) is 13.5 Å². The largest absolute Gasteiger partial charge is 0.435 e. The van der Waals surface area contributed by atoms with Crippen LogP contribution < -0.4 is 4.74 Å². The average Bonchev–Trinajstić information content (AvgIpc) is 3.15. The van der Waals surface area contributed by atoms with Crippen LogP contribution in [0, 0.1) is 13.8 Å². The summed E-state index contributed by atoms with van der Waals surface area (Å²) in [6.07, 6.45) is 4.28. The molecule has 0 fully saturated rings. The number of ether oxygens (including phenoxy) is 1. The van der Waals surface area contributed by atoms with E-state index in [0.717, 1.165) is 34.1 Å². The van der Waals surface area contributed by atoms with E-state index in [9.17, 15) is 8.78 Å². The Hall–Kier alpha value is -3.22. The van der Waals surface area contributed by atoms with Crippen LogP contribution in [0.15, 0.2) is 48.8 Å². The number of aromatic nitrogens is 4. The van der Waals surface area contributed by atoms with Gasteiger partial charge in [0.1, 0.15) is 17.2 Å². The first-order chi connectivity index (χ1) is 13.4. The number of benzene rings is 1. The first kappa shape index (κ1) is 18.2. The van der Waals surface area contributed by atoms with Crippen LogP contribution in [0.3, 0.4) is 0 Å². The zero-order chi connectivity index (χ0) is 19.8. The van der Waals surface area contributed by atoms with Crippen molar-refractivity contribution in [3.63, 3.8) is 0 Å². The predicted octanol–water partition coefficient (Wildman–Crippen LogP) is 4.54. The van der Waals surface area contributed by atoms with Gasteiger partial charge < -0.3 is 13.7 Å². The molecule has 0 aliphatic heterocycles. The monoisotopic (exact) mass is 382 g/mol. The molecule has 4 aromatic rings. The van der Waals surface area contributed by atoms with Crippen molar-refractivity contribution < 1.29 is 13.5 Å². The van der Waals surface area contributed by atoms with E-state index in [1.165, 1.54) is 0 Å². The van der Waals surface area contributed by atoms with Crippen LogP contribution in [0.2, 0.25) is 0 Å². The van der Waals surface area contributed by atoms with Gasteiger partial charge in [0.25, 0.3) is 0 Å². The maximum absolute atomic E-state index is 12.7. The van der Waals surface area contributed by atoms with E-state index in [0.29, 0.717) is 12.0 Å². The molecule has 4 rings (SSSR count). The van der Waals surface area contributed by atoms with Crippen molar-refractivity contribution >= 4 is 5.65 Å². The Balaban J connectivity index is 1.79. The van der Waals surface area contributed by atoms with Gasteiger partial charge in [-0.15, -0.1) is 0 Å². The Morgan fingerprint density at radius 1 is 1.11 bits per heavy atom. The number of hydrogen-bond acceptors (Lipinski definition) is 3. The number of hydrogen-bond donors (Lipinski definition) is 0. The molecule has 0 N–H and O–H groups in total. The number of alkyl halides is 2. The van der Waals surface area contributed by atoms with Gasteiger partial charge in [-0.05, 0) is 32.0 Å². The lowest BCUT2D eigenvalue weighted by molar-refractivity contribution is -0.0503. The van der Waals surface area contributed by atoms with E-state index in [-0.39, 0.29) is 5.75 Å². The maximum atomic E-state index is 12.7. The van der Waals surface area contributed by atoms with Gasteiger partial charge in [-0.25, -0.2) is 9.97 Å². The Kier molecular flexibility index (Phi) is 4.58. The molecule has 0 amide bonds. The lowest BCUT2D eigenvalue weighted by Crippen LogP contribution is -2.06. The number of nitrogens with zero attached hydrogens (tertiary/aromatic N) is 4. The fraction of sp³-hybridized carbons (Fsp3) is 0.238. The minimum atomic E-state index is -2.86. The van der Waals surface area contributed by atoms with Crippen LogP contribution in [0.1, 0.15) is 22.8 Å². The summed E-state index contributed by atoms with van der Waals surface area (Å²) in [4.78, 5) is 8.97. The van der Waals surface area contributed by atoms with Crippen molar-refractivity contribution in [3.8, 4) is 17.0 Å². The SMILES string of the molecule is Cc1nc2ccc(-c3cnc(C)n3C)cn2c1Cc1ccccc1OC(F)F. The van der Waals surface area contributed by atoms with E-state index < -0.39 is 6.61 Å². The molecule has 3 aromatic heterocycles. The Morgan fingerprint density at radius 2 is 1.89 bits per heavy atom. The average molecular weight is 382 g/mol. The summed E-state index contributed by atoms with van der Waals surface area (Å²) in [5, 5.41) is 0. The summed E-state index contributed by atoms with van der Waals surface area (Å²) in [7, 11) is 1.97. The number of imidazole rings is 2. The third-order valence-corrected chi connectivity index (χ3v) is 4.98. The number of para-hydroxylation sites is 1. The lowest BCUT2D eigenvalue weighted by Gasteiger charge is -2.11. The van der Waals surface area contributed by atoms with Crippen molar-refractivity contribution in [2.75, 3.05) is 0 Å². The lowest BCUT2D eigenvalue weighted by atomic mass is 10.1. The van der Waals surface area contributed by atoms with Crippen molar-refractivity contribution in [2.45, 2.75) is 26.9 Å². The smallest absolute Gasteiger partial charge is 0.387 e. The highest BCUT2D eigenvalue weighted by molar-refractivity contribution is 5.62. The Bertz CT molecular complexity index is 1150. The van der Waals surface area contributed by atoms with Gasteiger partial charge in [-0.2, -0.15) is 8.78 Å². The normalized spacial score (nSPS) is 11.5. The van der Waals surface area contributed by atoms with Crippen molar-refractivity contribution in [1.82, 2.24) is 18.9 Å². The minimum Gasteiger partial charge on any atom is -0.435 e. The maximum Gasteiger partial charge on any atom is 0.387 e. The molecule has 0 spiro atoms. The highest BCUT2D eigenvalue weighted by Gasteiger charge is 2.15. The third kappa shape index (κ3) is 3.24. The van der Waals surface area contributed by atoms with E-state index in [1.807, 2.05) is 60.5 Å². The zero-order valence-electron chi connectivity index (χ0n) is 15.9. The van der Waals surface area contributed by atoms with E-state index in [1.54, 1.807) is 18.2 Å². The second kappa shape index (κ2) is 7.07.